The molecule has 4 aromatic rings. The Bertz CT molecular complexity index is 1340. The van der Waals surface area contributed by atoms with Gasteiger partial charge in [0.2, 0.25) is 0 Å². The lowest BCUT2D eigenvalue weighted by Gasteiger charge is -2.32. The van der Waals surface area contributed by atoms with Crippen LogP contribution in [-0.4, -0.2) is 48.2 Å². The maximum Gasteiger partial charge on any atom is 0.332 e. The van der Waals surface area contributed by atoms with Gasteiger partial charge >= 0.3 is 5.69 Å². The molecule has 1 aliphatic heterocycles. The van der Waals surface area contributed by atoms with E-state index in [1.165, 1.54) is 28.1 Å². The average molecular weight is 443 g/mol. The molecule has 8 nitrogen and oxygen atoms in total. The van der Waals surface area contributed by atoms with Crippen molar-refractivity contribution in [3.63, 3.8) is 0 Å². The lowest BCUT2D eigenvalue weighted by atomic mass is 9.89. The Morgan fingerprint density at radius 3 is 2.58 bits per heavy atom. The van der Waals surface area contributed by atoms with Crippen molar-refractivity contribution in [3.05, 3.63) is 63.2 Å². The highest BCUT2D eigenvalue weighted by atomic mass is 35.5. The summed E-state index contributed by atoms with van der Waals surface area (Å²) < 4.78 is 4.45. The number of hydrogen-bond donors (Lipinski definition) is 1. The summed E-state index contributed by atoms with van der Waals surface area (Å²) in [6.45, 7) is 3.61. The number of hydrogen-bond acceptors (Lipinski definition) is 4. The molecular weight excluding hydrogens is 416 g/mol. The molecule has 0 spiro atoms. The topological polar surface area (TPSA) is 80.8 Å². The molecule has 0 amide bonds. The van der Waals surface area contributed by atoms with Crippen LogP contribution in [0.1, 0.15) is 24.3 Å². The Morgan fingerprint density at radius 1 is 1.06 bits per heavy atom. The number of fused-ring (bicyclic) bond motifs is 2. The van der Waals surface area contributed by atoms with E-state index in [0.717, 1.165) is 37.0 Å². The lowest BCUT2D eigenvalue weighted by molar-refractivity contribution is 0.206. The van der Waals surface area contributed by atoms with E-state index in [4.69, 9.17) is 0 Å². The van der Waals surface area contributed by atoms with Crippen LogP contribution in [0, 0.1) is 0 Å². The molecule has 0 unspecified atom stereocenters. The highest BCUT2D eigenvalue weighted by molar-refractivity contribution is 5.85. The molecule has 3 aromatic heterocycles. The summed E-state index contributed by atoms with van der Waals surface area (Å²) in [5.74, 6) is 0.577. The number of rotatable bonds is 4. The third-order valence-electron chi connectivity index (χ3n) is 6.52. The van der Waals surface area contributed by atoms with Crippen LogP contribution in [0.15, 0.2) is 46.4 Å². The zero-order valence-corrected chi connectivity index (χ0v) is 18.6. The smallest absolute Gasteiger partial charge is 0.332 e. The van der Waals surface area contributed by atoms with Gasteiger partial charge in [0, 0.05) is 44.3 Å². The molecule has 0 radical (unpaired) electrons. The number of piperidine rings is 1. The van der Waals surface area contributed by atoms with Crippen molar-refractivity contribution in [1.82, 2.24) is 28.6 Å². The fraction of sp³-hybridized carbons (Fsp3) is 0.409. The zero-order chi connectivity index (χ0) is 20.8. The Labute approximate surface area is 185 Å². The first-order chi connectivity index (χ1) is 14.5. The lowest BCUT2D eigenvalue weighted by Crippen LogP contribution is -2.38. The van der Waals surface area contributed by atoms with Crippen LogP contribution in [-0.2, 0) is 20.6 Å². The van der Waals surface area contributed by atoms with Crippen LogP contribution in [0.5, 0.6) is 0 Å². The molecule has 4 heterocycles. The maximum absolute atomic E-state index is 12.6. The molecule has 1 saturated heterocycles. The van der Waals surface area contributed by atoms with E-state index in [1.807, 2.05) is 4.57 Å². The first-order valence-electron chi connectivity index (χ1n) is 10.4. The molecule has 0 aliphatic carbocycles. The number of para-hydroxylation sites is 1. The summed E-state index contributed by atoms with van der Waals surface area (Å²) in [6.07, 6.45) is 6.10. The van der Waals surface area contributed by atoms with Gasteiger partial charge in [-0.1, -0.05) is 18.2 Å². The fourth-order valence-electron chi connectivity index (χ4n) is 4.71. The monoisotopic (exact) mass is 442 g/mol. The summed E-state index contributed by atoms with van der Waals surface area (Å²) >= 11 is 0. The average Bonchev–Trinajstić information content (AvgIpc) is 3.40. The van der Waals surface area contributed by atoms with E-state index in [-0.39, 0.29) is 23.7 Å². The molecule has 31 heavy (non-hydrogen) atoms. The summed E-state index contributed by atoms with van der Waals surface area (Å²) in [4.78, 5) is 34.8. The number of halogens is 1. The van der Waals surface area contributed by atoms with Gasteiger partial charge in [0.05, 0.1) is 6.33 Å². The molecule has 1 aromatic carbocycles. The normalized spacial score (nSPS) is 15.5. The van der Waals surface area contributed by atoms with Gasteiger partial charge in [0.15, 0.2) is 11.2 Å². The van der Waals surface area contributed by atoms with Crippen molar-refractivity contribution in [3.8, 4) is 0 Å². The number of nitrogens with zero attached hydrogens (tertiary/aromatic N) is 5. The summed E-state index contributed by atoms with van der Waals surface area (Å²) in [6, 6.07) is 8.50. The Kier molecular flexibility index (Phi) is 5.77. The second-order valence-electron chi connectivity index (χ2n) is 8.22. The number of benzene rings is 1. The van der Waals surface area contributed by atoms with Crippen molar-refractivity contribution in [2.45, 2.75) is 25.3 Å². The number of imidazole rings is 1. The second-order valence-corrected chi connectivity index (χ2v) is 8.22. The predicted octanol–water partition coefficient (Wildman–Crippen LogP) is 2.22. The highest BCUT2D eigenvalue weighted by Gasteiger charge is 2.23. The third kappa shape index (κ3) is 3.59. The minimum Gasteiger partial charge on any atom is -0.361 e. The first-order valence-corrected chi connectivity index (χ1v) is 10.4. The standard InChI is InChI=1S/C22H26N6O2.ClH/c1-25-20-19(21(29)26(2)22(25)30)28(14-24-20)12-11-27-9-7-15(8-10-27)17-13-23-18-6-4-3-5-16(17)18;/h3-6,13-15,23H,7-12H2,1-2H3;1H. The van der Waals surface area contributed by atoms with Crippen molar-refractivity contribution in [2.24, 2.45) is 14.1 Å². The van der Waals surface area contributed by atoms with Crippen LogP contribution in [0.2, 0.25) is 0 Å². The Hall–Kier alpha value is -2.84. The van der Waals surface area contributed by atoms with E-state index in [2.05, 4.69) is 45.3 Å². The van der Waals surface area contributed by atoms with Gasteiger partial charge in [0.1, 0.15) is 0 Å². The SMILES string of the molecule is Cl.Cn1c(=O)c2c(ncn2CCN2CCC(c3c[nH]c4ccccc34)CC2)n(C)c1=O. The van der Waals surface area contributed by atoms with Crippen LogP contribution < -0.4 is 11.2 Å². The van der Waals surface area contributed by atoms with Crippen molar-refractivity contribution in [2.75, 3.05) is 19.6 Å². The fourth-order valence-corrected chi connectivity index (χ4v) is 4.71. The molecule has 0 bridgehead atoms. The summed E-state index contributed by atoms with van der Waals surface area (Å²) in [5, 5.41) is 1.34. The highest BCUT2D eigenvalue weighted by Crippen LogP contribution is 2.33. The molecule has 1 aliphatic rings. The molecular formula is C22H27ClN6O2. The number of likely N-dealkylation sites (tertiary alicyclic amines) is 1. The largest absolute Gasteiger partial charge is 0.361 e. The van der Waals surface area contributed by atoms with E-state index in [0.29, 0.717) is 23.6 Å². The van der Waals surface area contributed by atoms with Crippen molar-refractivity contribution >= 4 is 34.5 Å². The molecule has 1 fully saturated rings. The van der Waals surface area contributed by atoms with Gasteiger partial charge in [-0.2, -0.15) is 0 Å². The van der Waals surface area contributed by atoms with Gasteiger partial charge in [0.25, 0.3) is 5.56 Å². The zero-order valence-electron chi connectivity index (χ0n) is 17.7. The second kappa shape index (κ2) is 8.36. The molecule has 0 atom stereocenters. The Balaban J connectivity index is 0.00000231. The van der Waals surface area contributed by atoms with Gasteiger partial charge in [-0.05, 0) is 43.5 Å². The number of H-pyrrole nitrogens is 1. The quantitative estimate of drug-likeness (QED) is 0.525. The van der Waals surface area contributed by atoms with E-state index in [1.54, 1.807) is 13.4 Å². The molecule has 164 valence electrons. The van der Waals surface area contributed by atoms with Crippen LogP contribution in [0.25, 0.3) is 22.1 Å². The summed E-state index contributed by atoms with van der Waals surface area (Å²) in [5.41, 5.74) is 2.93. The minimum absolute atomic E-state index is 0. The molecule has 9 heteroatoms. The van der Waals surface area contributed by atoms with E-state index < -0.39 is 0 Å². The van der Waals surface area contributed by atoms with Crippen molar-refractivity contribution in [1.29, 1.82) is 0 Å². The number of aryl methyl sites for hydroxylation is 1. The maximum atomic E-state index is 12.6. The van der Waals surface area contributed by atoms with Crippen LogP contribution in [0.4, 0.5) is 0 Å². The number of aromatic nitrogens is 5. The van der Waals surface area contributed by atoms with Crippen LogP contribution >= 0.6 is 12.4 Å². The molecule has 5 rings (SSSR count). The molecule has 1 N–H and O–H groups in total. The van der Waals surface area contributed by atoms with Crippen LogP contribution in [0.3, 0.4) is 0 Å². The third-order valence-corrected chi connectivity index (χ3v) is 6.52. The molecule has 0 saturated carbocycles. The van der Waals surface area contributed by atoms with E-state index >= 15 is 0 Å². The number of nitrogens with one attached hydrogen (secondary N) is 1. The van der Waals surface area contributed by atoms with Gasteiger partial charge in [-0.25, -0.2) is 9.78 Å². The van der Waals surface area contributed by atoms with E-state index in [9.17, 15) is 9.59 Å². The van der Waals surface area contributed by atoms with Gasteiger partial charge in [-0.15, -0.1) is 12.4 Å². The Morgan fingerprint density at radius 2 is 1.81 bits per heavy atom. The van der Waals surface area contributed by atoms with Gasteiger partial charge < -0.3 is 14.5 Å². The summed E-state index contributed by atoms with van der Waals surface area (Å²) in [7, 11) is 3.16. The van der Waals surface area contributed by atoms with Gasteiger partial charge in [-0.3, -0.25) is 13.9 Å². The minimum atomic E-state index is -0.350. The first kappa shape index (κ1) is 21.4. The predicted molar refractivity (Wildman–Crippen MR) is 124 cm³/mol. The van der Waals surface area contributed by atoms with Crippen molar-refractivity contribution < 1.29 is 0 Å². The number of aromatic amines is 1.